The summed E-state index contributed by atoms with van der Waals surface area (Å²) in [5, 5.41) is 16.6. The van der Waals surface area contributed by atoms with Gasteiger partial charge in [0.15, 0.2) is 0 Å². The summed E-state index contributed by atoms with van der Waals surface area (Å²) < 4.78 is 6.76. The maximum absolute atomic E-state index is 11.7. The topological polar surface area (TPSA) is 102 Å². The number of phenolic OH excluding ortho intramolecular Hbond substituents is 1. The number of nitrogens with zero attached hydrogens (tertiary/aromatic N) is 2. The quantitative estimate of drug-likeness (QED) is 0.740. The molecule has 0 saturated heterocycles. The van der Waals surface area contributed by atoms with Crippen molar-refractivity contribution in [1.82, 2.24) is 9.78 Å². The van der Waals surface area contributed by atoms with Crippen LogP contribution in [0.4, 0.5) is 16.2 Å². The molecular weight excluding hydrogens is 284 g/mol. The van der Waals surface area contributed by atoms with Crippen LogP contribution in [-0.2, 0) is 11.8 Å². The normalized spacial score (nSPS) is 11.3. The van der Waals surface area contributed by atoms with E-state index in [-0.39, 0.29) is 11.4 Å². The lowest BCUT2D eigenvalue weighted by molar-refractivity contribution is 0.0635. The van der Waals surface area contributed by atoms with E-state index < -0.39 is 11.7 Å². The van der Waals surface area contributed by atoms with Crippen LogP contribution in [0.5, 0.6) is 5.75 Å². The van der Waals surface area contributed by atoms with Crippen LogP contribution in [0, 0.1) is 0 Å². The second-order valence-electron chi connectivity index (χ2n) is 5.93. The van der Waals surface area contributed by atoms with Crippen molar-refractivity contribution in [1.29, 1.82) is 0 Å². The molecule has 1 heterocycles. The van der Waals surface area contributed by atoms with Gasteiger partial charge in [-0.1, -0.05) is 6.07 Å². The summed E-state index contributed by atoms with van der Waals surface area (Å²) in [6.45, 7) is 5.29. The van der Waals surface area contributed by atoms with Crippen LogP contribution in [0.3, 0.4) is 0 Å². The summed E-state index contributed by atoms with van der Waals surface area (Å²) in [4.78, 5) is 11.7. The Labute approximate surface area is 128 Å². The standard InChI is InChI=1S/C15H20N4O3/c1-15(2,3)22-14(21)18-11-6-5-9(7-12(11)20)13-10(16)8-17-19(13)4/h5-8,20H,16H2,1-4H3,(H,18,21). The smallest absolute Gasteiger partial charge is 0.412 e. The molecule has 2 rings (SSSR count). The van der Waals surface area contributed by atoms with Gasteiger partial charge >= 0.3 is 6.09 Å². The van der Waals surface area contributed by atoms with Crippen molar-refractivity contribution >= 4 is 17.5 Å². The monoisotopic (exact) mass is 304 g/mol. The zero-order valence-corrected chi connectivity index (χ0v) is 13.0. The fourth-order valence-corrected chi connectivity index (χ4v) is 2.01. The molecule has 0 bridgehead atoms. The summed E-state index contributed by atoms with van der Waals surface area (Å²) in [6, 6.07) is 4.83. The Balaban J connectivity index is 2.22. The number of nitrogens with two attached hydrogens (primary N) is 1. The Hall–Kier alpha value is -2.70. The Morgan fingerprint density at radius 2 is 2.09 bits per heavy atom. The predicted molar refractivity (Wildman–Crippen MR) is 84.6 cm³/mol. The van der Waals surface area contributed by atoms with Crippen LogP contribution >= 0.6 is 0 Å². The van der Waals surface area contributed by atoms with Crippen molar-refractivity contribution in [2.24, 2.45) is 7.05 Å². The maximum atomic E-state index is 11.7. The number of ether oxygens (including phenoxy) is 1. The average Bonchev–Trinajstić information content (AvgIpc) is 2.69. The minimum absolute atomic E-state index is 0.0797. The molecule has 22 heavy (non-hydrogen) atoms. The number of rotatable bonds is 2. The third kappa shape index (κ3) is 3.49. The maximum Gasteiger partial charge on any atom is 0.412 e. The second-order valence-corrected chi connectivity index (χ2v) is 5.93. The molecule has 0 aliphatic carbocycles. The van der Waals surface area contributed by atoms with Crippen molar-refractivity contribution in [3.63, 3.8) is 0 Å². The van der Waals surface area contributed by atoms with Crippen molar-refractivity contribution in [3.05, 3.63) is 24.4 Å². The molecular formula is C15H20N4O3. The lowest BCUT2D eigenvalue weighted by Crippen LogP contribution is -2.27. The van der Waals surface area contributed by atoms with E-state index >= 15 is 0 Å². The molecule has 1 aromatic carbocycles. The zero-order chi connectivity index (χ0) is 16.5. The average molecular weight is 304 g/mol. The Kier molecular flexibility index (Phi) is 3.99. The molecule has 0 unspecified atom stereocenters. The molecule has 2 aromatic rings. The number of benzene rings is 1. The van der Waals surface area contributed by atoms with Crippen molar-refractivity contribution in [2.45, 2.75) is 26.4 Å². The van der Waals surface area contributed by atoms with Gasteiger partial charge in [0.2, 0.25) is 0 Å². The van der Waals surface area contributed by atoms with Gasteiger partial charge in [0.1, 0.15) is 11.4 Å². The van der Waals surface area contributed by atoms with Gasteiger partial charge in [-0.2, -0.15) is 5.10 Å². The number of carbonyl (C=O) groups excluding carboxylic acids is 1. The molecule has 0 radical (unpaired) electrons. The first-order valence-electron chi connectivity index (χ1n) is 6.78. The number of anilines is 2. The van der Waals surface area contributed by atoms with E-state index in [1.54, 1.807) is 50.8 Å². The van der Waals surface area contributed by atoms with E-state index in [9.17, 15) is 9.90 Å². The number of phenols is 1. The highest BCUT2D eigenvalue weighted by Gasteiger charge is 2.18. The molecule has 118 valence electrons. The fraction of sp³-hybridized carbons (Fsp3) is 0.333. The molecule has 4 N–H and O–H groups in total. The van der Waals surface area contributed by atoms with Crippen LogP contribution < -0.4 is 11.1 Å². The molecule has 0 aliphatic heterocycles. The molecule has 0 fully saturated rings. The van der Waals surface area contributed by atoms with Crippen molar-refractivity contribution < 1.29 is 14.6 Å². The van der Waals surface area contributed by atoms with E-state index in [1.807, 2.05) is 0 Å². The number of aromatic hydroxyl groups is 1. The van der Waals surface area contributed by atoms with Gasteiger partial charge in [-0.05, 0) is 32.9 Å². The fourth-order valence-electron chi connectivity index (χ4n) is 2.01. The van der Waals surface area contributed by atoms with E-state index in [1.165, 1.54) is 6.07 Å². The zero-order valence-electron chi connectivity index (χ0n) is 13.0. The second kappa shape index (κ2) is 5.59. The third-order valence-electron chi connectivity index (χ3n) is 2.87. The number of nitrogens with one attached hydrogen (secondary N) is 1. The number of amides is 1. The third-order valence-corrected chi connectivity index (χ3v) is 2.87. The van der Waals surface area contributed by atoms with E-state index in [2.05, 4.69) is 10.4 Å². The Bertz CT molecular complexity index is 682. The Morgan fingerprint density at radius 1 is 1.41 bits per heavy atom. The van der Waals surface area contributed by atoms with E-state index in [0.29, 0.717) is 16.9 Å². The van der Waals surface area contributed by atoms with Gasteiger partial charge in [0.25, 0.3) is 0 Å². The number of aromatic nitrogens is 2. The van der Waals surface area contributed by atoms with Crippen LogP contribution in [0.25, 0.3) is 11.3 Å². The summed E-state index contributed by atoms with van der Waals surface area (Å²) in [6.07, 6.45) is 0.912. The predicted octanol–water partition coefficient (Wildman–Crippen LogP) is 2.72. The lowest BCUT2D eigenvalue weighted by Gasteiger charge is -2.20. The molecule has 7 nitrogen and oxygen atoms in total. The van der Waals surface area contributed by atoms with Gasteiger partial charge in [-0.25, -0.2) is 4.79 Å². The van der Waals surface area contributed by atoms with Gasteiger partial charge in [-0.3, -0.25) is 10.00 Å². The highest BCUT2D eigenvalue weighted by Crippen LogP contribution is 2.32. The molecule has 0 saturated carbocycles. The molecule has 1 amide bonds. The summed E-state index contributed by atoms with van der Waals surface area (Å²) >= 11 is 0. The molecule has 0 atom stereocenters. The largest absolute Gasteiger partial charge is 0.506 e. The van der Waals surface area contributed by atoms with Crippen molar-refractivity contribution in [2.75, 3.05) is 11.1 Å². The minimum atomic E-state index is -0.629. The highest BCUT2D eigenvalue weighted by atomic mass is 16.6. The van der Waals surface area contributed by atoms with Crippen LogP contribution in [0.2, 0.25) is 0 Å². The minimum Gasteiger partial charge on any atom is -0.506 e. The van der Waals surface area contributed by atoms with Crippen molar-refractivity contribution in [3.8, 4) is 17.0 Å². The first-order valence-corrected chi connectivity index (χ1v) is 6.78. The van der Waals surface area contributed by atoms with Gasteiger partial charge in [0.05, 0.1) is 23.3 Å². The number of nitrogen functional groups attached to an aromatic ring is 1. The number of hydrogen-bond acceptors (Lipinski definition) is 5. The number of hydrogen-bond donors (Lipinski definition) is 3. The van der Waals surface area contributed by atoms with Gasteiger partial charge in [0, 0.05) is 12.6 Å². The Morgan fingerprint density at radius 3 is 2.59 bits per heavy atom. The highest BCUT2D eigenvalue weighted by molar-refractivity contribution is 5.88. The molecule has 1 aromatic heterocycles. The first kappa shape index (κ1) is 15.7. The number of carbonyl (C=O) groups is 1. The van der Waals surface area contributed by atoms with Crippen LogP contribution in [0.15, 0.2) is 24.4 Å². The number of aryl methyl sites for hydroxylation is 1. The SMILES string of the molecule is Cn1ncc(N)c1-c1ccc(NC(=O)OC(C)(C)C)c(O)c1. The van der Waals surface area contributed by atoms with Crippen LogP contribution in [-0.4, -0.2) is 26.6 Å². The molecule has 0 spiro atoms. The lowest BCUT2D eigenvalue weighted by atomic mass is 10.1. The molecule has 7 heteroatoms. The van der Waals surface area contributed by atoms with Gasteiger partial charge < -0.3 is 15.6 Å². The van der Waals surface area contributed by atoms with Gasteiger partial charge in [-0.15, -0.1) is 0 Å². The van der Waals surface area contributed by atoms with E-state index in [0.717, 1.165) is 0 Å². The van der Waals surface area contributed by atoms with E-state index in [4.69, 9.17) is 10.5 Å². The summed E-state index contributed by atoms with van der Waals surface area (Å²) in [5.41, 5.74) is 7.41. The molecule has 0 aliphatic rings. The summed E-state index contributed by atoms with van der Waals surface area (Å²) in [5.74, 6) is -0.0797. The first-order chi connectivity index (χ1) is 10.2. The summed E-state index contributed by atoms with van der Waals surface area (Å²) in [7, 11) is 1.76. The van der Waals surface area contributed by atoms with Crippen LogP contribution in [0.1, 0.15) is 20.8 Å².